The van der Waals surface area contributed by atoms with Crippen LogP contribution in [0, 0.1) is 0 Å². The van der Waals surface area contributed by atoms with E-state index in [0.717, 1.165) is 61.4 Å². The molecule has 1 aliphatic rings. The summed E-state index contributed by atoms with van der Waals surface area (Å²) in [7, 11) is 2.05. The number of aromatic nitrogens is 3. The summed E-state index contributed by atoms with van der Waals surface area (Å²) < 4.78 is 2.13. The average Bonchev–Trinajstić information content (AvgIpc) is 3.08. The Labute approximate surface area is 188 Å². The van der Waals surface area contributed by atoms with Crippen LogP contribution < -0.4 is 10.2 Å². The van der Waals surface area contributed by atoms with Gasteiger partial charge in [0.15, 0.2) is 5.96 Å². The van der Waals surface area contributed by atoms with Crippen molar-refractivity contribution in [1.82, 2.24) is 24.8 Å². The molecule has 0 atom stereocenters. The predicted octanol–water partition coefficient (Wildman–Crippen LogP) is 2.87. The number of aryl methyl sites for hydroxylation is 1. The first kappa shape index (κ1) is 21.4. The second-order valence-corrected chi connectivity index (χ2v) is 6.91. The Morgan fingerprint density at radius 2 is 1.83 bits per heavy atom. The fourth-order valence-corrected chi connectivity index (χ4v) is 3.60. The van der Waals surface area contributed by atoms with Crippen LogP contribution in [0.25, 0.3) is 11.0 Å². The summed E-state index contributed by atoms with van der Waals surface area (Å²) in [6.45, 7) is 7.24. The van der Waals surface area contributed by atoms with Gasteiger partial charge >= 0.3 is 0 Å². The number of fused-ring (bicyclic) bond motifs is 1. The second-order valence-electron chi connectivity index (χ2n) is 6.91. The highest BCUT2D eigenvalue weighted by molar-refractivity contribution is 14.0. The van der Waals surface area contributed by atoms with E-state index in [-0.39, 0.29) is 24.0 Å². The van der Waals surface area contributed by atoms with Crippen molar-refractivity contribution >= 4 is 46.8 Å². The molecule has 7 nitrogen and oxygen atoms in total. The average molecular weight is 505 g/mol. The normalized spacial score (nSPS) is 14.8. The van der Waals surface area contributed by atoms with Crippen LogP contribution in [0.4, 0.5) is 5.82 Å². The van der Waals surface area contributed by atoms with Crippen molar-refractivity contribution in [3.63, 3.8) is 0 Å². The molecule has 0 spiro atoms. The fourth-order valence-electron chi connectivity index (χ4n) is 3.60. The molecule has 1 N–H and O–H groups in total. The van der Waals surface area contributed by atoms with Crippen LogP contribution >= 0.6 is 24.0 Å². The number of para-hydroxylation sites is 2. The summed E-state index contributed by atoms with van der Waals surface area (Å²) in [4.78, 5) is 18.7. The highest BCUT2D eigenvalue weighted by Gasteiger charge is 2.20. The molecule has 1 fully saturated rings. The van der Waals surface area contributed by atoms with Crippen LogP contribution in [0.15, 0.2) is 53.7 Å². The van der Waals surface area contributed by atoms with Gasteiger partial charge in [-0.1, -0.05) is 18.2 Å². The minimum Gasteiger partial charge on any atom is -0.357 e. The maximum Gasteiger partial charge on any atom is 0.194 e. The summed E-state index contributed by atoms with van der Waals surface area (Å²) in [5, 5.41) is 3.44. The lowest BCUT2D eigenvalue weighted by atomic mass is 10.3. The van der Waals surface area contributed by atoms with Crippen molar-refractivity contribution in [2.45, 2.75) is 13.5 Å². The lowest BCUT2D eigenvalue weighted by Crippen LogP contribution is -2.52. The van der Waals surface area contributed by atoms with Crippen molar-refractivity contribution in [2.75, 3.05) is 37.6 Å². The SMILES string of the molecule is CCNC(=NCc1nc2ccccc2n1C)N1CCN(c2ccccn2)CC1.I. The Morgan fingerprint density at radius 1 is 1.07 bits per heavy atom. The van der Waals surface area contributed by atoms with Crippen LogP contribution in [0.3, 0.4) is 0 Å². The van der Waals surface area contributed by atoms with E-state index < -0.39 is 0 Å². The molecule has 0 radical (unpaired) electrons. The van der Waals surface area contributed by atoms with Crippen molar-refractivity contribution in [2.24, 2.45) is 12.0 Å². The zero-order valence-electron chi connectivity index (χ0n) is 17.0. The van der Waals surface area contributed by atoms with Gasteiger partial charge in [-0.15, -0.1) is 24.0 Å². The smallest absolute Gasteiger partial charge is 0.194 e. The van der Waals surface area contributed by atoms with Gasteiger partial charge in [-0.3, -0.25) is 0 Å². The molecule has 4 rings (SSSR count). The first-order valence-corrected chi connectivity index (χ1v) is 9.86. The number of hydrogen-bond donors (Lipinski definition) is 1. The monoisotopic (exact) mass is 505 g/mol. The van der Waals surface area contributed by atoms with E-state index in [9.17, 15) is 0 Å². The van der Waals surface area contributed by atoms with Crippen LogP contribution in [0.1, 0.15) is 12.7 Å². The van der Waals surface area contributed by atoms with Gasteiger partial charge in [0.1, 0.15) is 18.2 Å². The highest BCUT2D eigenvalue weighted by atomic mass is 127. The van der Waals surface area contributed by atoms with E-state index in [1.54, 1.807) is 0 Å². The third-order valence-electron chi connectivity index (χ3n) is 5.14. The summed E-state index contributed by atoms with van der Waals surface area (Å²) >= 11 is 0. The van der Waals surface area contributed by atoms with E-state index in [0.29, 0.717) is 6.54 Å². The number of benzene rings is 1. The second kappa shape index (κ2) is 9.91. The molecule has 0 aliphatic carbocycles. The Hall–Kier alpha value is -2.36. The molecule has 0 bridgehead atoms. The number of hydrogen-bond acceptors (Lipinski definition) is 4. The third-order valence-corrected chi connectivity index (χ3v) is 5.14. The van der Waals surface area contributed by atoms with E-state index in [1.165, 1.54) is 0 Å². The number of imidazole rings is 1. The number of nitrogens with zero attached hydrogens (tertiary/aromatic N) is 6. The molecule has 8 heteroatoms. The van der Waals surface area contributed by atoms with Gasteiger partial charge < -0.3 is 19.7 Å². The summed E-state index contributed by atoms with van der Waals surface area (Å²) in [5.41, 5.74) is 2.16. The molecule has 1 aliphatic heterocycles. The van der Waals surface area contributed by atoms with Crippen molar-refractivity contribution in [3.05, 3.63) is 54.5 Å². The number of rotatable bonds is 4. The molecule has 0 amide bonds. The van der Waals surface area contributed by atoms with Crippen LogP contribution in [-0.2, 0) is 13.6 Å². The van der Waals surface area contributed by atoms with E-state index in [1.807, 2.05) is 36.5 Å². The lowest BCUT2D eigenvalue weighted by molar-refractivity contribution is 0.371. The van der Waals surface area contributed by atoms with Gasteiger partial charge in [-0.2, -0.15) is 0 Å². The van der Waals surface area contributed by atoms with Crippen molar-refractivity contribution in [1.29, 1.82) is 0 Å². The minimum atomic E-state index is 0. The van der Waals surface area contributed by atoms with E-state index >= 15 is 0 Å². The molecule has 0 saturated carbocycles. The third kappa shape index (κ3) is 4.80. The maximum absolute atomic E-state index is 4.88. The van der Waals surface area contributed by atoms with E-state index in [2.05, 4.69) is 50.8 Å². The van der Waals surface area contributed by atoms with Gasteiger partial charge in [0, 0.05) is 46.0 Å². The zero-order valence-corrected chi connectivity index (χ0v) is 19.3. The molecule has 2 aromatic heterocycles. The molecule has 1 aromatic carbocycles. The largest absolute Gasteiger partial charge is 0.357 e. The Kier molecular flexibility index (Phi) is 7.29. The first-order valence-electron chi connectivity index (χ1n) is 9.86. The molecular weight excluding hydrogens is 477 g/mol. The first-order chi connectivity index (χ1) is 13.8. The van der Waals surface area contributed by atoms with Crippen LogP contribution in [0.5, 0.6) is 0 Å². The van der Waals surface area contributed by atoms with Gasteiger partial charge in [-0.05, 0) is 31.2 Å². The van der Waals surface area contributed by atoms with Crippen molar-refractivity contribution in [3.8, 4) is 0 Å². The lowest BCUT2D eigenvalue weighted by Gasteiger charge is -2.37. The van der Waals surface area contributed by atoms with Gasteiger partial charge in [-0.25, -0.2) is 15.0 Å². The maximum atomic E-state index is 4.88. The van der Waals surface area contributed by atoms with Crippen molar-refractivity contribution < 1.29 is 0 Å². The molecular formula is C21H28IN7. The number of aliphatic imine (C=N–C) groups is 1. The number of anilines is 1. The standard InChI is InChI=1S/C21H27N7.HI/c1-3-22-21(24-16-20-25-17-8-4-5-9-18(17)26(20)2)28-14-12-27(13-15-28)19-10-6-7-11-23-19;/h4-11H,3,12-16H2,1-2H3,(H,22,24);1H. The Morgan fingerprint density at radius 3 is 2.52 bits per heavy atom. The molecule has 3 aromatic rings. The summed E-state index contributed by atoms with van der Waals surface area (Å²) in [5.74, 6) is 2.97. The predicted molar refractivity (Wildman–Crippen MR) is 129 cm³/mol. The summed E-state index contributed by atoms with van der Waals surface area (Å²) in [6, 6.07) is 14.3. The molecule has 29 heavy (non-hydrogen) atoms. The molecule has 154 valence electrons. The zero-order chi connectivity index (χ0) is 19.3. The quantitative estimate of drug-likeness (QED) is 0.336. The van der Waals surface area contributed by atoms with E-state index in [4.69, 9.17) is 9.98 Å². The van der Waals surface area contributed by atoms with Crippen LogP contribution in [-0.4, -0.2) is 58.1 Å². The fraction of sp³-hybridized carbons (Fsp3) is 0.381. The van der Waals surface area contributed by atoms with Gasteiger partial charge in [0.25, 0.3) is 0 Å². The Bertz CT molecular complexity index is 946. The number of guanidine groups is 1. The summed E-state index contributed by atoms with van der Waals surface area (Å²) in [6.07, 6.45) is 1.85. The number of nitrogens with one attached hydrogen (secondary N) is 1. The number of halogens is 1. The Balaban J connectivity index is 0.00000240. The minimum absolute atomic E-state index is 0. The van der Waals surface area contributed by atoms with Crippen LogP contribution in [0.2, 0.25) is 0 Å². The molecule has 3 heterocycles. The van der Waals surface area contributed by atoms with Gasteiger partial charge in [0.2, 0.25) is 0 Å². The topological polar surface area (TPSA) is 61.6 Å². The highest BCUT2D eigenvalue weighted by Crippen LogP contribution is 2.16. The number of pyridine rings is 1. The van der Waals surface area contributed by atoms with Gasteiger partial charge in [0.05, 0.1) is 11.0 Å². The number of piperazine rings is 1. The molecule has 0 unspecified atom stereocenters. The molecule has 1 saturated heterocycles.